The lowest BCUT2D eigenvalue weighted by molar-refractivity contribution is -0.116. The van der Waals surface area contributed by atoms with Crippen molar-refractivity contribution in [3.8, 4) is 6.07 Å². The number of aromatic nitrogens is 1. The highest BCUT2D eigenvalue weighted by Crippen LogP contribution is 2.23. The number of nitrogens with zero attached hydrogens (tertiary/aromatic N) is 3. The normalized spacial score (nSPS) is 11.1. The number of thiazole rings is 1. The predicted molar refractivity (Wildman–Crippen MR) is 104 cm³/mol. The lowest BCUT2D eigenvalue weighted by Crippen LogP contribution is -2.27. The van der Waals surface area contributed by atoms with Crippen molar-refractivity contribution >= 4 is 34.2 Å². The Labute approximate surface area is 157 Å². The molecule has 1 aromatic carbocycles. The van der Waals surface area contributed by atoms with Gasteiger partial charge in [-0.1, -0.05) is 37.6 Å². The van der Waals surface area contributed by atoms with Gasteiger partial charge in [-0.15, -0.1) is 11.3 Å². The molecule has 0 spiro atoms. The van der Waals surface area contributed by atoms with Gasteiger partial charge >= 0.3 is 0 Å². The number of ketones is 1. The van der Waals surface area contributed by atoms with Gasteiger partial charge in [-0.05, 0) is 25.0 Å². The first kappa shape index (κ1) is 19.5. The molecule has 134 valence electrons. The summed E-state index contributed by atoms with van der Waals surface area (Å²) in [5.41, 5.74) is 2.17. The second-order valence-corrected chi connectivity index (χ2v) is 6.60. The average molecular weight is 367 g/mol. The summed E-state index contributed by atoms with van der Waals surface area (Å²) < 4.78 is 0. The van der Waals surface area contributed by atoms with Crippen molar-refractivity contribution < 1.29 is 9.59 Å². The van der Waals surface area contributed by atoms with E-state index in [0.29, 0.717) is 22.9 Å². The maximum atomic E-state index is 12.6. The van der Waals surface area contributed by atoms with Crippen LogP contribution < -0.4 is 4.90 Å². The van der Waals surface area contributed by atoms with Gasteiger partial charge in [-0.2, -0.15) is 5.26 Å². The van der Waals surface area contributed by atoms with Gasteiger partial charge in [0.2, 0.25) is 11.7 Å². The number of rotatable bonds is 7. The molecule has 6 heteroatoms. The number of benzene rings is 1. The minimum atomic E-state index is -0.330. The molecular formula is C20H21N3O2S. The number of nitriles is 1. The molecule has 2 aromatic rings. The van der Waals surface area contributed by atoms with Crippen LogP contribution >= 0.6 is 11.3 Å². The number of hydrogen-bond donors (Lipinski definition) is 0. The molecule has 0 N–H and O–H groups in total. The molecule has 1 aromatic heterocycles. The summed E-state index contributed by atoms with van der Waals surface area (Å²) >= 11 is 1.31. The van der Waals surface area contributed by atoms with E-state index in [1.165, 1.54) is 29.9 Å². The van der Waals surface area contributed by atoms with Crippen LogP contribution in [0, 0.1) is 11.3 Å². The Morgan fingerprint density at radius 3 is 2.50 bits per heavy atom. The molecule has 1 heterocycles. The van der Waals surface area contributed by atoms with Gasteiger partial charge in [0, 0.05) is 24.4 Å². The quantitative estimate of drug-likeness (QED) is 0.416. The van der Waals surface area contributed by atoms with Crippen LogP contribution in [-0.2, 0) is 11.2 Å². The van der Waals surface area contributed by atoms with Crippen LogP contribution in [0.4, 0.5) is 5.13 Å². The van der Waals surface area contributed by atoms with Crippen molar-refractivity contribution in [1.82, 2.24) is 4.98 Å². The fourth-order valence-electron chi connectivity index (χ4n) is 2.52. The molecule has 0 aliphatic rings. The number of allylic oxidation sites excluding steroid dienone is 1. The Morgan fingerprint density at radius 2 is 1.96 bits per heavy atom. The van der Waals surface area contributed by atoms with Gasteiger partial charge in [0.1, 0.15) is 11.6 Å². The molecule has 5 nitrogen and oxygen atoms in total. The van der Waals surface area contributed by atoms with E-state index in [0.717, 1.165) is 12.8 Å². The molecule has 0 aliphatic heterocycles. The van der Waals surface area contributed by atoms with Crippen LogP contribution in [0.5, 0.6) is 0 Å². The highest BCUT2D eigenvalue weighted by Gasteiger charge is 2.15. The first-order chi connectivity index (χ1) is 12.5. The summed E-state index contributed by atoms with van der Waals surface area (Å²) in [5.74, 6) is -0.426. The van der Waals surface area contributed by atoms with E-state index in [2.05, 4.69) is 11.9 Å². The number of carbonyl (C=O) groups is 2. The summed E-state index contributed by atoms with van der Waals surface area (Å²) in [6, 6.07) is 9.29. The predicted octanol–water partition coefficient (Wildman–Crippen LogP) is 4.26. The van der Waals surface area contributed by atoms with E-state index in [1.54, 1.807) is 22.4 Å². The summed E-state index contributed by atoms with van der Waals surface area (Å²) in [4.78, 5) is 30.1. The van der Waals surface area contributed by atoms with Crippen LogP contribution in [-0.4, -0.2) is 23.2 Å². The number of anilines is 1. The average Bonchev–Trinajstić information content (AvgIpc) is 3.08. The number of aryl methyl sites for hydroxylation is 1. The zero-order valence-electron chi connectivity index (χ0n) is 15.2. The van der Waals surface area contributed by atoms with Crippen LogP contribution in [0.25, 0.3) is 6.08 Å². The zero-order valence-corrected chi connectivity index (χ0v) is 16.0. The van der Waals surface area contributed by atoms with Crippen molar-refractivity contribution in [3.63, 3.8) is 0 Å². The fourth-order valence-corrected chi connectivity index (χ4v) is 3.41. The summed E-state index contributed by atoms with van der Waals surface area (Å²) in [5, 5.41) is 11.7. The molecule has 1 amide bonds. The third-order valence-corrected chi connectivity index (χ3v) is 4.73. The standard InChI is InChI=1S/C20H21N3O2S/c1-4-6-15-7-9-16(10-8-15)19(25)17(12-21)11-18-13-26-20(22-18)23(5-2)14(3)24/h7-11,13H,4-6H2,1-3H3/b17-11+. The summed E-state index contributed by atoms with van der Waals surface area (Å²) in [6.45, 7) is 5.96. The number of carbonyl (C=O) groups excluding carboxylic acids is 2. The number of Topliss-reactive ketones (excluding diaryl/α,β-unsaturated/α-hetero) is 1. The minimum Gasteiger partial charge on any atom is -0.289 e. The van der Waals surface area contributed by atoms with E-state index in [9.17, 15) is 14.9 Å². The summed E-state index contributed by atoms with van der Waals surface area (Å²) in [6.07, 6.45) is 3.47. The van der Waals surface area contributed by atoms with Crippen LogP contribution in [0.15, 0.2) is 35.2 Å². The van der Waals surface area contributed by atoms with E-state index in [1.807, 2.05) is 25.1 Å². The topological polar surface area (TPSA) is 74.1 Å². The highest BCUT2D eigenvalue weighted by atomic mass is 32.1. The first-order valence-corrected chi connectivity index (χ1v) is 9.37. The van der Waals surface area contributed by atoms with Gasteiger partial charge in [0.15, 0.2) is 5.13 Å². The van der Waals surface area contributed by atoms with Gasteiger partial charge in [0.25, 0.3) is 0 Å². The highest BCUT2D eigenvalue weighted by molar-refractivity contribution is 7.14. The first-order valence-electron chi connectivity index (χ1n) is 8.49. The smallest absolute Gasteiger partial charge is 0.225 e. The Balaban J connectivity index is 2.24. The molecule has 0 fully saturated rings. The lowest BCUT2D eigenvalue weighted by atomic mass is 10.0. The number of hydrogen-bond acceptors (Lipinski definition) is 5. The molecular weight excluding hydrogens is 346 g/mol. The Kier molecular flexibility index (Phi) is 6.81. The van der Waals surface area contributed by atoms with Gasteiger partial charge in [-0.25, -0.2) is 4.98 Å². The molecule has 0 saturated heterocycles. The van der Waals surface area contributed by atoms with Crippen molar-refractivity contribution in [1.29, 1.82) is 5.26 Å². The third kappa shape index (κ3) is 4.64. The molecule has 0 atom stereocenters. The second kappa shape index (κ2) is 9.07. The Bertz CT molecular complexity index is 860. The molecule has 0 bridgehead atoms. The van der Waals surface area contributed by atoms with Gasteiger partial charge in [-0.3, -0.25) is 14.5 Å². The molecule has 2 rings (SSSR count). The van der Waals surface area contributed by atoms with Gasteiger partial charge < -0.3 is 0 Å². The van der Waals surface area contributed by atoms with E-state index in [-0.39, 0.29) is 17.3 Å². The molecule has 0 unspecified atom stereocenters. The monoisotopic (exact) mass is 367 g/mol. The summed E-state index contributed by atoms with van der Waals surface area (Å²) in [7, 11) is 0. The fraction of sp³-hybridized carbons (Fsp3) is 0.300. The maximum absolute atomic E-state index is 12.6. The molecule has 0 radical (unpaired) electrons. The maximum Gasteiger partial charge on any atom is 0.225 e. The van der Waals surface area contributed by atoms with Crippen molar-refractivity contribution in [2.45, 2.75) is 33.6 Å². The van der Waals surface area contributed by atoms with Crippen molar-refractivity contribution in [2.75, 3.05) is 11.4 Å². The van der Waals surface area contributed by atoms with E-state index in [4.69, 9.17) is 0 Å². The molecule has 0 saturated carbocycles. The Morgan fingerprint density at radius 1 is 1.27 bits per heavy atom. The Hall–Kier alpha value is -2.78. The van der Waals surface area contributed by atoms with Crippen LogP contribution in [0.2, 0.25) is 0 Å². The van der Waals surface area contributed by atoms with E-state index < -0.39 is 0 Å². The van der Waals surface area contributed by atoms with Crippen molar-refractivity contribution in [3.05, 3.63) is 52.0 Å². The SMILES string of the molecule is CCCc1ccc(C(=O)/C(C#N)=C/c2csc(N(CC)C(C)=O)n2)cc1. The lowest BCUT2D eigenvalue weighted by Gasteiger charge is -2.14. The van der Waals surface area contributed by atoms with Crippen LogP contribution in [0.1, 0.15) is 48.8 Å². The number of amides is 1. The third-order valence-electron chi connectivity index (χ3n) is 3.85. The molecule has 0 aliphatic carbocycles. The second-order valence-electron chi connectivity index (χ2n) is 5.76. The minimum absolute atomic E-state index is 0.0240. The molecule has 26 heavy (non-hydrogen) atoms. The van der Waals surface area contributed by atoms with Crippen LogP contribution in [0.3, 0.4) is 0 Å². The van der Waals surface area contributed by atoms with E-state index >= 15 is 0 Å². The largest absolute Gasteiger partial charge is 0.289 e. The van der Waals surface area contributed by atoms with Gasteiger partial charge in [0.05, 0.1) is 5.69 Å². The zero-order chi connectivity index (χ0) is 19.1. The van der Waals surface area contributed by atoms with Crippen molar-refractivity contribution in [2.24, 2.45) is 0 Å².